The van der Waals surface area contributed by atoms with Gasteiger partial charge in [0.15, 0.2) is 5.76 Å². The Morgan fingerprint density at radius 3 is 2.65 bits per heavy atom. The van der Waals surface area contributed by atoms with Gasteiger partial charge >= 0.3 is 0 Å². The van der Waals surface area contributed by atoms with Gasteiger partial charge in [-0.1, -0.05) is 15.9 Å². The van der Waals surface area contributed by atoms with Crippen molar-refractivity contribution in [3.05, 3.63) is 34.0 Å². The van der Waals surface area contributed by atoms with Crippen LogP contribution in [0.1, 0.15) is 23.0 Å². The van der Waals surface area contributed by atoms with E-state index >= 15 is 0 Å². The summed E-state index contributed by atoms with van der Waals surface area (Å²) in [5.74, 6) is -0.272. The van der Waals surface area contributed by atoms with Crippen LogP contribution >= 0.6 is 15.9 Å². The van der Waals surface area contributed by atoms with Crippen LogP contribution in [0.2, 0.25) is 0 Å². The van der Waals surface area contributed by atoms with E-state index in [9.17, 15) is 15.0 Å². The van der Waals surface area contributed by atoms with Gasteiger partial charge in [0.1, 0.15) is 5.58 Å². The number of carbonyl (C=O) groups excluding carboxylic acids is 1. The van der Waals surface area contributed by atoms with E-state index in [1.807, 2.05) is 12.1 Å². The molecule has 1 heterocycles. The van der Waals surface area contributed by atoms with Crippen molar-refractivity contribution in [2.24, 2.45) is 0 Å². The van der Waals surface area contributed by atoms with Crippen LogP contribution in [0.4, 0.5) is 0 Å². The molecule has 0 saturated carbocycles. The standard InChI is InChI=1S/C14H16BrNO4/c1-8-10-5-9(15)3-4-11(10)20-12(8)13(19)16-14(2,6-17)7-18/h3-5,17-18H,6-7H2,1-2H3,(H,16,19). The highest BCUT2D eigenvalue weighted by Gasteiger charge is 2.28. The zero-order valence-corrected chi connectivity index (χ0v) is 12.8. The van der Waals surface area contributed by atoms with Crippen molar-refractivity contribution in [1.82, 2.24) is 5.32 Å². The van der Waals surface area contributed by atoms with Gasteiger partial charge in [0.05, 0.1) is 18.8 Å². The summed E-state index contributed by atoms with van der Waals surface area (Å²) in [6.45, 7) is 2.63. The summed E-state index contributed by atoms with van der Waals surface area (Å²) in [7, 11) is 0. The number of hydrogen-bond donors (Lipinski definition) is 3. The monoisotopic (exact) mass is 341 g/mol. The number of nitrogens with one attached hydrogen (secondary N) is 1. The van der Waals surface area contributed by atoms with E-state index in [-0.39, 0.29) is 19.0 Å². The molecule has 2 rings (SSSR count). The van der Waals surface area contributed by atoms with Gasteiger partial charge in [-0.25, -0.2) is 0 Å². The first kappa shape index (κ1) is 15.0. The van der Waals surface area contributed by atoms with Crippen molar-refractivity contribution >= 4 is 32.8 Å². The van der Waals surface area contributed by atoms with Crippen LogP contribution in [0.3, 0.4) is 0 Å². The Labute approximate surface area is 124 Å². The van der Waals surface area contributed by atoms with Crippen LogP contribution in [0.5, 0.6) is 0 Å². The molecule has 0 radical (unpaired) electrons. The minimum absolute atomic E-state index is 0.186. The molecule has 0 spiro atoms. The third-order valence-electron chi connectivity index (χ3n) is 3.22. The highest BCUT2D eigenvalue weighted by molar-refractivity contribution is 9.10. The zero-order valence-electron chi connectivity index (χ0n) is 11.2. The number of benzene rings is 1. The van der Waals surface area contributed by atoms with Crippen LogP contribution in [-0.2, 0) is 0 Å². The number of fused-ring (bicyclic) bond motifs is 1. The minimum Gasteiger partial charge on any atom is -0.451 e. The fourth-order valence-electron chi connectivity index (χ4n) is 1.87. The normalized spacial score (nSPS) is 11.8. The molecule has 0 unspecified atom stereocenters. The minimum atomic E-state index is -1.08. The first-order chi connectivity index (χ1) is 9.40. The van der Waals surface area contributed by atoms with E-state index in [0.717, 1.165) is 15.4 Å². The number of aryl methyl sites for hydroxylation is 1. The smallest absolute Gasteiger partial charge is 0.287 e. The van der Waals surface area contributed by atoms with Gasteiger partial charge in [-0.05, 0) is 32.0 Å². The maximum absolute atomic E-state index is 12.2. The molecule has 0 fully saturated rings. The Bertz CT molecular complexity index is 646. The molecule has 0 bridgehead atoms. The van der Waals surface area contributed by atoms with Crippen molar-refractivity contribution in [1.29, 1.82) is 0 Å². The number of carbonyl (C=O) groups is 1. The lowest BCUT2D eigenvalue weighted by atomic mass is 10.0. The molecule has 1 aromatic heterocycles. The Morgan fingerprint density at radius 1 is 1.40 bits per heavy atom. The number of hydrogen-bond acceptors (Lipinski definition) is 4. The van der Waals surface area contributed by atoms with Crippen molar-refractivity contribution < 1.29 is 19.4 Å². The Hall–Kier alpha value is -1.37. The lowest BCUT2D eigenvalue weighted by molar-refractivity contribution is 0.0701. The second-order valence-corrected chi connectivity index (χ2v) is 5.94. The summed E-state index contributed by atoms with van der Waals surface area (Å²) in [5.41, 5.74) is 0.255. The lowest BCUT2D eigenvalue weighted by Gasteiger charge is -2.25. The first-order valence-electron chi connectivity index (χ1n) is 6.13. The van der Waals surface area contributed by atoms with Gasteiger partial charge in [0.2, 0.25) is 0 Å². The topological polar surface area (TPSA) is 82.7 Å². The molecule has 108 valence electrons. The third kappa shape index (κ3) is 2.72. The van der Waals surface area contributed by atoms with Gasteiger partial charge in [-0.2, -0.15) is 0 Å². The van der Waals surface area contributed by atoms with E-state index in [4.69, 9.17) is 4.42 Å². The van der Waals surface area contributed by atoms with Crippen molar-refractivity contribution in [2.45, 2.75) is 19.4 Å². The van der Waals surface area contributed by atoms with E-state index in [1.165, 1.54) is 0 Å². The molecule has 1 aromatic carbocycles. The molecule has 3 N–H and O–H groups in total. The molecule has 6 heteroatoms. The summed E-state index contributed by atoms with van der Waals surface area (Å²) in [4.78, 5) is 12.2. The lowest BCUT2D eigenvalue weighted by Crippen LogP contribution is -2.51. The van der Waals surface area contributed by atoms with Crippen LogP contribution in [-0.4, -0.2) is 34.9 Å². The molecule has 0 saturated heterocycles. The Balaban J connectivity index is 2.38. The van der Waals surface area contributed by atoms with E-state index < -0.39 is 11.4 Å². The molecule has 1 amide bonds. The maximum atomic E-state index is 12.2. The van der Waals surface area contributed by atoms with E-state index in [0.29, 0.717) is 5.58 Å². The number of amides is 1. The maximum Gasteiger partial charge on any atom is 0.287 e. The van der Waals surface area contributed by atoms with Crippen molar-refractivity contribution in [3.63, 3.8) is 0 Å². The van der Waals surface area contributed by atoms with E-state index in [1.54, 1.807) is 19.9 Å². The number of aliphatic hydroxyl groups excluding tert-OH is 2. The average molecular weight is 342 g/mol. The summed E-state index contributed by atoms with van der Waals surface area (Å²) in [6, 6.07) is 5.49. The fraction of sp³-hybridized carbons (Fsp3) is 0.357. The van der Waals surface area contributed by atoms with Crippen LogP contribution in [0.15, 0.2) is 27.1 Å². The van der Waals surface area contributed by atoms with Crippen molar-refractivity contribution in [2.75, 3.05) is 13.2 Å². The van der Waals surface area contributed by atoms with E-state index in [2.05, 4.69) is 21.2 Å². The van der Waals surface area contributed by atoms with Crippen molar-refractivity contribution in [3.8, 4) is 0 Å². The molecule has 0 atom stereocenters. The quantitative estimate of drug-likeness (QED) is 0.794. The van der Waals surface area contributed by atoms with Gasteiger partial charge < -0.3 is 19.9 Å². The summed E-state index contributed by atoms with van der Waals surface area (Å²) in [6.07, 6.45) is 0. The summed E-state index contributed by atoms with van der Waals surface area (Å²) >= 11 is 3.38. The second kappa shape index (κ2) is 5.55. The van der Waals surface area contributed by atoms with Crippen LogP contribution in [0, 0.1) is 6.92 Å². The third-order valence-corrected chi connectivity index (χ3v) is 3.71. The first-order valence-corrected chi connectivity index (χ1v) is 6.92. The van der Waals surface area contributed by atoms with Gasteiger partial charge in [0.25, 0.3) is 5.91 Å². The number of aliphatic hydroxyl groups is 2. The molecule has 0 aliphatic heterocycles. The summed E-state index contributed by atoms with van der Waals surface area (Å²) in [5, 5.41) is 21.9. The van der Waals surface area contributed by atoms with Gasteiger partial charge in [0, 0.05) is 15.4 Å². The number of rotatable bonds is 4. The van der Waals surface area contributed by atoms with Gasteiger partial charge in [-0.15, -0.1) is 0 Å². The fourth-order valence-corrected chi connectivity index (χ4v) is 2.23. The molecule has 5 nitrogen and oxygen atoms in total. The Morgan fingerprint density at radius 2 is 2.05 bits per heavy atom. The summed E-state index contributed by atoms with van der Waals surface area (Å²) < 4.78 is 6.45. The second-order valence-electron chi connectivity index (χ2n) is 5.03. The molecular weight excluding hydrogens is 326 g/mol. The molecule has 0 aliphatic carbocycles. The zero-order chi connectivity index (χ0) is 14.9. The van der Waals surface area contributed by atoms with Crippen LogP contribution < -0.4 is 5.32 Å². The molecular formula is C14H16BrNO4. The Kier molecular flexibility index (Phi) is 4.17. The van der Waals surface area contributed by atoms with Crippen LogP contribution in [0.25, 0.3) is 11.0 Å². The van der Waals surface area contributed by atoms with Gasteiger partial charge in [-0.3, -0.25) is 4.79 Å². The predicted molar refractivity (Wildman–Crippen MR) is 78.7 cm³/mol. The SMILES string of the molecule is Cc1c(C(=O)NC(C)(CO)CO)oc2ccc(Br)cc12. The molecule has 0 aliphatic rings. The molecule has 20 heavy (non-hydrogen) atoms. The molecule has 2 aromatic rings. The highest BCUT2D eigenvalue weighted by atomic mass is 79.9. The highest BCUT2D eigenvalue weighted by Crippen LogP contribution is 2.28. The predicted octanol–water partition coefficient (Wildman–Crippen LogP) is 1.98. The largest absolute Gasteiger partial charge is 0.451 e. The number of furan rings is 1. The average Bonchev–Trinajstić information content (AvgIpc) is 2.76. The number of halogens is 1.